The number of guanidine groups is 1. The Bertz CT molecular complexity index is 568. The number of ether oxygens (including phenoxy) is 1. The fourth-order valence-electron chi connectivity index (χ4n) is 3.17. The summed E-state index contributed by atoms with van der Waals surface area (Å²) in [7, 11) is 5.91. The van der Waals surface area contributed by atoms with Crippen LogP contribution in [0, 0.1) is 0 Å². The third-order valence-electron chi connectivity index (χ3n) is 4.80. The Kier molecular flexibility index (Phi) is 8.10. The van der Waals surface area contributed by atoms with E-state index in [-0.39, 0.29) is 6.04 Å². The number of nitrogens with one attached hydrogen (secondary N) is 2. The smallest absolute Gasteiger partial charge is 0.191 e. The standard InChI is InChI=1S/C20H34N4OS/c1-6-21-19(23-15-20(2)12-7-13-26-20)22-14-18(24(3)4)16-8-10-17(25-5)11-9-16/h8-11,18H,6-7,12-15H2,1-5H3,(H2,21,22,23). The summed E-state index contributed by atoms with van der Waals surface area (Å²) in [5, 5.41) is 6.91. The van der Waals surface area contributed by atoms with Crippen LogP contribution in [0.2, 0.25) is 0 Å². The molecule has 1 aliphatic heterocycles. The minimum Gasteiger partial charge on any atom is -0.497 e. The van der Waals surface area contributed by atoms with Gasteiger partial charge in [0.15, 0.2) is 5.96 Å². The van der Waals surface area contributed by atoms with E-state index in [2.05, 4.69) is 67.4 Å². The lowest BCUT2D eigenvalue weighted by Gasteiger charge is -2.27. The molecule has 5 nitrogen and oxygen atoms in total. The van der Waals surface area contributed by atoms with Gasteiger partial charge in [0.25, 0.3) is 0 Å². The fraction of sp³-hybridized carbons (Fsp3) is 0.650. The van der Waals surface area contributed by atoms with Crippen LogP contribution in [0.15, 0.2) is 29.3 Å². The first-order valence-electron chi connectivity index (χ1n) is 9.44. The molecule has 6 heteroatoms. The van der Waals surface area contributed by atoms with Crippen molar-refractivity contribution in [1.82, 2.24) is 15.5 Å². The Balaban J connectivity index is 2.01. The van der Waals surface area contributed by atoms with Gasteiger partial charge in [-0.25, -0.2) is 0 Å². The second kappa shape index (κ2) is 10.1. The molecule has 0 radical (unpaired) electrons. The maximum atomic E-state index is 5.27. The van der Waals surface area contributed by atoms with Crippen LogP contribution in [0.1, 0.15) is 38.3 Å². The van der Waals surface area contributed by atoms with Crippen molar-refractivity contribution in [3.8, 4) is 5.75 Å². The highest BCUT2D eigenvalue weighted by Crippen LogP contribution is 2.37. The average Bonchev–Trinajstić information content (AvgIpc) is 3.07. The minimum absolute atomic E-state index is 0.265. The molecule has 2 N–H and O–H groups in total. The molecule has 1 aliphatic rings. The molecule has 0 aliphatic carbocycles. The summed E-state index contributed by atoms with van der Waals surface area (Å²) in [4.78, 5) is 7.08. The van der Waals surface area contributed by atoms with Gasteiger partial charge in [-0.3, -0.25) is 4.99 Å². The van der Waals surface area contributed by atoms with Crippen molar-refractivity contribution in [3.63, 3.8) is 0 Å². The summed E-state index contributed by atoms with van der Waals surface area (Å²) in [5.74, 6) is 3.05. The Labute approximate surface area is 163 Å². The van der Waals surface area contributed by atoms with Crippen LogP contribution in [0.4, 0.5) is 0 Å². The van der Waals surface area contributed by atoms with E-state index in [4.69, 9.17) is 9.73 Å². The van der Waals surface area contributed by atoms with Crippen molar-refractivity contribution in [1.29, 1.82) is 0 Å². The summed E-state index contributed by atoms with van der Waals surface area (Å²) in [5.41, 5.74) is 1.26. The van der Waals surface area contributed by atoms with E-state index >= 15 is 0 Å². The van der Waals surface area contributed by atoms with Gasteiger partial charge in [-0.05, 0) is 64.2 Å². The molecule has 2 unspecified atom stereocenters. The molecule has 0 spiro atoms. The molecule has 0 saturated carbocycles. The van der Waals surface area contributed by atoms with Crippen LogP contribution in [0.25, 0.3) is 0 Å². The topological polar surface area (TPSA) is 48.9 Å². The lowest BCUT2D eigenvalue weighted by molar-refractivity contribution is 0.298. The summed E-state index contributed by atoms with van der Waals surface area (Å²) >= 11 is 2.05. The monoisotopic (exact) mass is 378 g/mol. The number of aliphatic imine (C=N–C) groups is 1. The van der Waals surface area contributed by atoms with Crippen LogP contribution >= 0.6 is 11.8 Å². The summed E-state index contributed by atoms with van der Waals surface area (Å²) in [6.45, 7) is 6.97. The highest BCUT2D eigenvalue weighted by molar-refractivity contribution is 8.00. The van der Waals surface area contributed by atoms with Crippen molar-refractivity contribution >= 4 is 17.7 Å². The summed E-state index contributed by atoms with van der Waals surface area (Å²) < 4.78 is 5.56. The van der Waals surface area contributed by atoms with Gasteiger partial charge in [-0.2, -0.15) is 11.8 Å². The van der Waals surface area contributed by atoms with Gasteiger partial charge in [0.1, 0.15) is 5.75 Å². The number of benzene rings is 1. The van der Waals surface area contributed by atoms with E-state index in [0.717, 1.165) is 31.3 Å². The molecule has 1 saturated heterocycles. The van der Waals surface area contributed by atoms with Crippen LogP contribution in [0.3, 0.4) is 0 Å². The maximum Gasteiger partial charge on any atom is 0.191 e. The third kappa shape index (κ3) is 6.09. The number of hydrogen-bond acceptors (Lipinski definition) is 4. The van der Waals surface area contributed by atoms with Gasteiger partial charge in [0.2, 0.25) is 0 Å². The zero-order chi connectivity index (χ0) is 19.0. The predicted octanol–water partition coefficient (Wildman–Crippen LogP) is 3.14. The van der Waals surface area contributed by atoms with Gasteiger partial charge in [-0.1, -0.05) is 12.1 Å². The number of rotatable bonds is 8. The highest BCUT2D eigenvalue weighted by atomic mass is 32.2. The Morgan fingerprint density at radius 1 is 1.31 bits per heavy atom. The van der Waals surface area contributed by atoms with E-state index in [1.807, 2.05) is 12.1 Å². The zero-order valence-electron chi connectivity index (χ0n) is 16.8. The minimum atomic E-state index is 0.265. The van der Waals surface area contributed by atoms with Crippen molar-refractivity contribution in [2.24, 2.45) is 4.99 Å². The third-order valence-corrected chi connectivity index (χ3v) is 6.33. The van der Waals surface area contributed by atoms with E-state index < -0.39 is 0 Å². The molecule has 1 fully saturated rings. The molecule has 1 heterocycles. The molecule has 1 aromatic rings. The highest BCUT2D eigenvalue weighted by Gasteiger charge is 2.29. The Hall–Kier alpha value is -1.40. The number of likely N-dealkylation sites (N-methyl/N-ethyl adjacent to an activating group) is 1. The second-order valence-electron chi connectivity index (χ2n) is 7.23. The summed E-state index contributed by atoms with van der Waals surface area (Å²) in [6, 6.07) is 8.56. The first kappa shape index (κ1) is 20.9. The Morgan fingerprint density at radius 2 is 2.04 bits per heavy atom. The molecule has 1 aromatic carbocycles. The summed E-state index contributed by atoms with van der Waals surface area (Å²) in [6.07, 6.45) is 2.56. The molecule has 0 amide bonds. The zero-order valence-corrected chi connectivity index (χ0v) is 17.7. The van der Waals surface area contributed by atoms with Crippen molar-refractivity contribution in [3.05, 3.63) is 29.8 Å². The van der Waals surface area contributed by atoms with Crippen LogP contribution < -0.4 is 15.4 Å². The molecule has 2 atom stereocenters. The van der Waals surface area contributed by atoms with Crippen molar-refractivity contribution < 1.29 is 4.74 Å². The second-order valence-corrected chi connectivity index (χ2v) is 8.91. The molecule has 26 heavy (non-hydrogen) atoms. The van der Waals surface area contributed by atoms with Gasteiger partial charge < -0.3 is 20.3 Å². The lowest BCUT2D eigenvalue weighted by Crippen LogP contribution is -2.42. The van der Waals surface area contributed by atoms with Gasteiger partial charge in [0, 0.05) is 17.8 Å². The van der Waals surface area contributed by atoms with E-state index in [1.54, 1.807) is 7.11 Å². The first-order chi connectivity index (χ1) is 12.5. The number of thioether (sulfide) groups is 1. The maximum absolute atomic E-state index is 5.27. The number of hydrogen-bond donors (Lipinski definition) is 2. The van der Waals surface area contributed by atoms with E-state index in [9.17, 15) is 0 Å². The molecule has 0 bridgehead atoms. The largest absolute Gasteiger partial charge is 0.497 e. The van der Waals surface area contributed by atoms with Crippen LogP contribution in [-0.4, -0.2) is 62.2 Å². The van der Waals surface area contributed by atoms with Crippen LogP contribution in [0.5, 0.6) is 5.75 Å². The molecule has 146 valence electrons. The molecular formula is C20H34N4OS. The van der Waals surface area contributed by atoms with Crippen molar-refractivity contribution in [2.45, 2.75) is 37.5 Å². The lowest BCUT2D eigenvalue weighted by atomic mass is 10.1. The Morgan fingerprint density at radius 3 is 2.58 bits per heavy atom. The first-order valence-corrected chi connectivity index (χ1v) is 10.4. The van der Waals surface area contributed by atoms with Crippen LogP contribution in [-0.2, 0) is 0 Å². The number of methoxy groups -OCH3 is 1. The SMILES string of the molecule is CCNC(=NCC1(C)CCCS1)NCC(c1ccc(OC)cc1)N(C)C. The molecule has 2 rings (SSSR count). The van der Waals surface area contributed by atoms with Gasteiger partial charge >= 0.3 is 0 Å². The van der Waals surface area contributed by atoms with Gasteiger partial charge in [0.05, 0.1) is 19.7 Å². The van der Waals surface area contributed by atoms with E-state index in [1.165, 1.54) is 24.2 Å². The molecular weight excluding hydrogens is 344 g/mol. The molecule has 0 aromatic heterocycles. The predicted molar refractivity (Wildman–Crippen MR) is 114 cm³/mol. The number of nitrogens with zero attached hydrogens (tertiary/aromatic N) is 2. The van der Waals surface area contributed by atoms with Gasteiger partial charge in [-0.15, -0.1) is 0 Å². The normalized spacial score (nSPS) is 21.7. The average molecular weight is 379 g/mol. The fourth-order valence-corrected chi connectivity index (χ4v) is 4.39. The van der Waals surface area contributed by atoms with E-state index in [0.29, 0.717) is 4.75 Å². The quantitative estimate of drug-likeness (QED) is 0.538. The van der Waals surface area contributed by atoms with Crippen molar-refractivity contribution in [2.75, 3.05) is 46.6 Å².